The summed E-state index contributed by atoms with van der Waals surface area (Å²) in [6, 6.07) is 13.8. The van der Waals surface area contributed by atoms with Crippen LogP contribution in [0.25, 0.3) is 27.9 Å². The molecule has 0 saturated heterocycles. The highest BCUT2D eigenvalue weighted by Gasteiger charge is 2.25. The second-order valence-electron chi connectivity index (χ2n) is 8.30. The topological polar surface area (TPSA) is 95.1 Å². The molecule has 7 heteroatoms. The third-order valence-corrected chi connectivity index (χ3v) is 5.39. The largest absolute Gasteiger partial charge is 0.384 e. The van der Waals surface area contributed by atoms with E-state index in [0.29, 0.717) is 42.1 Å². The number of aromatic nitrogens is 3. The number of carbonyl (C=O) groups excluding carboxylic acids is 1. The van der Waals surface area contributed by atoms with Gasteiger partial charge in [0.1, 0.15) is 16.9 Å². The van der Waals surface area contributed by atoms with E-state index in [0.717, 1.165) is 27.8 Å². The third kappa shape index (κ3) is 4.16. The monoisotopic (exact) mass is 431 g/mol. The van der Waals surface area contributed by atoms with Crippen LogP contribution in [0.4, 0.5) is 5.82 Å². The number of anilines is 1. The number of nitrogens with two attached hydrogens (primary N) is 1. The maximum Gasteiger partial charge on any atom is 0.257 e. The summed E-state index contributed by atoms with van der Waals surface area (Å²) in [6.45, 7) is 9.10. The Morgan fingerprint density at radius 1 is 1.12 bits per heavy atom. The van der Waals surface area contributed by atoms with E-state index in [2.05, 4.69) is 11.4 Å². The van der Waals surface area contributed by atoms with Crippen LogP contribution < -0.4 is 11.1 Å². The first-order chi connectivity index (χ1) is 15.4. The molecule has 0 radical (unpaired) electrons. The fourth-order valence-electron chi connectivity index (χ4n) is 3.77. The van der Waals surface area contributed by atoms with Gasteiger partial charge in [-0.25, -0.2) is 9.97 Å². The lowest BCUT2D eigenvalue weighted by molar-refractivity contribution is 0.0757. The third-order valence-electron chi connectivity index (χ3n) is 5.39. The highest BCUT2D eigenvalue weighted by atomic mass is 16.5. The molecular weight excluding hydrogens is 402 g/mol. The van der Waals surface area contributed by atoms with E-state index in [-0.39, 0.29) is 12.0 Å². The van der Waals surface area contributed by atoms with Gasteiger partial charge in [-0.05, 0) is 63.4 Å². The summed E-state index contributed by atoms with van der Waals surface area (Å²) in [5, 5.41) is 2.96. The van der Waals surface area contributed by atoms with Crippen LogP contribution in [-0.2, 0) is 4.74 Å². The van der Waals surface area contributed by atoms with E-state index >= 15 is 0 Å². The van der Waals surface area contributed by atoms with Gasteiger partial charge in [0.2, 0.25) is 0 Å². The number of hydrogen-bond acceptors (Lipinski definition) is 5. The number of rotatable bonds is 7. The lowest BCUT2D eigenvalue weighted by atomic mass is 10.1. The van der Waals surface area contributed by atoms with Crippen molar-refractivity contribution >= 4 is 33.9 Å². The second-order valence-corrected chi connectivity index (χ2v) is 8.30. The van der Waals surface area contributed by atoms with E-state index in [1.807, 2.05) is 68.7 Å². The molecule has 2 heterocycles. The minimum atomic E-state index is -0.259. The van der Waals surface area contributed by atoms with E-state index < -0.39 is 0 Å². The lowest BCUT2D eigenvalue weighted by Crippen LogP contribution is -2.26. The summed E-state index contributed by atoms with van der Waals surface area (Å²) >= 11 is 0. The Morgan fingerprint density at radius 3 is 2.56 bits per heavy atom. The highest BCUT2D eigenvalue weighted by Crippen LogP contribution is 2.32. The maximum absolute atomic E-state index is 13.2. The van der Waals surface area contributed by atoms with Gasteiger partial charge in [-0.15, -0.1) is 0 Å². The summed E-state index contributed by atoms with van der Waals surface area (Å²) < 4.78 is 7.40. The Morgan fingerprint density at radius 2 is 1.84 bits per heavy atom. The van der Waals surface area contributed by atoms with Gasteiger partial charge in [0.15, 0.2) is 5.65 Å². The standard InChI is InChI=1S/C25H29N5O2/c1-15(2)32-13-7-12-27-25(31)21-22-24(29-19-9-6-5-8-18(19)28-22)30(23(21)26)20-14-16(3)10-11-17(20)4/h5-6,8-11,14-15H,7,12-13,26H2,1-4H3,(H,27,31). The molecule has 2 aromatic heterocycles. The van der Waals surface area contributed by atoms with E-state index in [4.69, 9.17) is 20.4 Å². The van der Waals surface area contributed by atoms with Crippen molar-refractivity contribution in [2.24, 2.45) is 0 Å². The molecule has 4 aromatic rings. The molecule has 2 aromatic carbocycles. The van der Waals surface area contributed by atoms with Gasteiger partial charge in [0.05, 0.1) is 22.8 Å². The quantitative estimate of drug-likeness (QED) is 0.425. The molecule has 0 aliphatic rings. The predicted molar refractivity (Wildman–Crippen MR) is 128 cm³/mol. The van der Waals surface area contributed by atoms with Gasteiger partial charge >= 0.3 is 0 Å². The molecule has 0 unspecified atom stereocenters. The highest BCUT2D eigenvalue weighted by molar-refractivity contribution is 6.11. The first-order valence-electron chi connectivity index (χ1n) is 10.9. The van der Waals surface area contributed by atoms with Crippen molar-refractivity contribution in [2.75, 3.05) is 18.9 Å². The molecule has 0 fully saturated rings. The average Bonchev–Trinajstić information content (AvgIpc) is 3.04. The van der Waals surface area contributed by atoms with Crippen LogP contribution >= 0.6 is 0 Å². The number of amides is 1. The normalized spacial score (nSPS) is 11.5. The molecule has 166 valence electrons. The number of nitrogens with zero attached hydrogens (tertiary/aromatic N) is 3. The number of benzene rings is 2. The number of ether oxygens (including phenoxy) is 1. The van der Waals surface area contributed by atoms with Crippen molar-refractivity contribution in [3.8, 4) is 5.69 Å². The van der Waals surface area contributed by atoms with Crippen molar-refractivity contribution in [1.82, 2.24) is 19.9 Å². The minimum absolute atomic E-state index is 0.167. The van der Waals surface area contributed by atoms with Crippen molar-refractivity contribution < 1.29 is 9.53 Å². The zero-order valence-corrected chi connectivity index (χ0v) is 19.0. The molecule has 0 aliphatic carbocycles. The summed E-state index contributed by atoms with van der Waals surface area (Å²) in [5.41, 5.74) is 12.5. The van der Waals surface area contributed by atoms with Gasteiger partial charge in [0, 0.05) is 13.2 Å². The predicted octanol–water partition coefficient (Wildman–Crippen LogP) is 4.32. The Labute approximate surface area is 187 Å². The van der Waals surface area contributed by atoms with Gasteiger partial charge in [-0.1, -0.05) is 24.3 Å². The number of fused-ring (bicyclic) bond motifs is 2. The summed E-state index contributed by atoms with van der Waals surface area (Å²) in [7, 11) is 0. The zero-order chi connectivity index (χ0) is 22.8. The Bertz CT molecular complexity index is 1290. The summed E-state index contributed by atoms with van der Waals surface area (Å²) in [6.07, 6.45) is 0.883. The van der Waals surface area contributed by atoms with E-state index in [1.165, 1.54) is 0 Å². The van der Waals surface area contributed by atoms with E-state index in [1.54, 1.807) is 0 Å². The first kappa shape index (κ1) is 21.8. The Hall–Kier alpha value is -3.45. The fraction of sp³-hybridized carbons (Fsp3) is 0.320. The van der Waals surface area contributed by atoms with Crippen LogP contribution in [0.5, 0.6) is 0 Å². The maximum atomic E-state index is 13.2. The first-order valence-corrected chi connectivity index (χ1v) is 10.9. The van der Waals surface area contributed by atoms with Crippen molar-refractivity contribution in [2.45, 2.75) is 40.2 Å². The van der Waals surface area contributed by atoms with Gasteiger partial charge < -0.3 is 15.8 Å². The SMILES string of the molecule is Cc1ccc(C)c(-n2c(N)c(C(=O)NCCCOC(C)C)c3nc4ccccc4nc32)c1. The van der Waals surface area contributed by atoms with Crippen LogP contribution in [0.2, 0.25) is 0 Å². The molecular formula is C25H29N5O2. The Kier molecular flexibility index (Phi) is 6.10. The molecule has 0 spiro atoms. The number of nitrogens with one attached hydrogen (secondary N) is 1. The molecule has 32 heavy (non-hydrogen) atoms. The molecule has 4 rings (SSSR count). The lowest BCUT2D eigenvalue weighted by Gasteiger charge is -2.12. The van der Waals surface area contributed by atoms with Gasteiger partial charge in [-0.2, -0.15) is 0 Å². The van der Waals surface area contributed by atoms with Crippen LogP contribution in [0.1, 0.15) is 41.8 Å². The van der Waals surface area contributed by atoms with Crippen molar-refractivity contribution in [3.05, 3.63) is 59.2 Å². The van der Waals surface area contributed by atoms with Crippen LogP contribution in [0.3, 0.4) is 0 Å². The molecule has 3 N–H and O–H groups in total. The second kappa shape index (κ2) is 8.96. The summed E-state index contributed by atoms with van der Waals surface area (Å²) in [4.78, 5) is 22.8. The van der Waals surface area contributed by atoms with Crippen LogP contribution in [-0.4, -0.2) is 39.7 Å². The number of carbonyl (C=O) groups is 1. The minimum Gasteiger partial charge on any atom is -0.384 e. The fourth-order valence-corrected chi connectivity index (χ4v) is 3.77. The molecule has 7 nitrogen and oxygen atoms in total. The smallest absolute Gasteiger partial charge is 0.257 e. The summed E-state index contributed by atoms with van der Waals surface area (Å²) in [5.74, 6) is 0.0746. The molecule has 0 aliphatic heterocycles. The van der Waals surface area contributed by atoms with Crippen LogP contribution in [0.15, 0.2) is 42.5 Å². The van der Waals surface area contributed by atoms with Crippen molar-refractivity contribution in [3.63, 3.8) is 0 Å². The van der Waals surface area contributed by atoms with Gasteiger partial charge in [0.25, 0.3) is 5.91 Å². The Balaban J connectivity index is 1.82. The zero-order valence-electron chi connectivity index (χ0n) is 19.0. The molecule has 0 atom stereocenters. The number of hydrogen-bond donors (Lipinski definition) is 2. The number of nitrogen functional groups attached to an aromatic ring is 1. The van der Waals surface area contributed by atoms with Crippen molar-refractivity contribution in [1.29, 1.82) is 0 Å². The van der Waals surface area contributed by atoms with E-state index in [9.17, 15) is 4.79 Å². The van der Waals surface area contributed by atoms with Crippen LogP contribution in [0, 0.1) is 13.8 Å². The average molecular weight is 432 g/mol. The molecule has 1 amide bonds. The number of aryl methyl sites for hydroxylation is 2. The molecule has 0 bridgehead atoms. The van der Waals surface area contributed by atoms with Gasteiger partial charge in [-0.3, -0.25) is 9.36 Å². The number of para-hydroxylation sites is 2. The molecule has 0 saturated carbocycles.